The molecule has 0 aliphatic carbocycles. The number of fused-ring (bicyclic) bond motifs is 1. The zero-order chi connectivity index (χ0) is 18.8. The number of aldehydes is 1. The monoisotopic (exact) mass is 343 g/mol. The lowest BCUT2D eigenvalue weighted by Gasteiger charge is -2.45. The first kappa shape index (κ1) is 18.5. The van der Waals surface area contributed by atoms with Crippen LogP contribution in [0, 0.1) is 5.41 Å². The van der Waals surface area contributed by atoms with Gasteiger partial charge >= 0.3 is 0 Å². The van der Waals surface area contributed by atoms with Gasteiger partial charge in [-0.3, -0.25) is 20.3 Å². The summed E-state index contributed by atoms with van der Waals surface area (Å²) in [6, 6.07) is 6.08. The number of guanidine groups is 1. The lowest BCUT2D eigenvalue weighted by atomic mass is 9.90. The predicted octanol–water partition coefficient (Wildman–Crippen LogP) is 1.90. The Kier molecular flexibility index (Phi) is 5.13. The Morgan fingerprint density at radius 3 is 2.68 bits per heavy atom. The minimum atomic E-state index is -0.616. The molecule has 2 heterocycles. The van der Waals surface area contributed by atoms with Crippen molar-refractivity contribution in [3.8, 4) is 0 Å². The SMILES string of the molecule is CC1=C(C=O)C(C)(C)N(N)C(=N)N1C.CNc1ccc2[nH]ncc2c1. The summed E-state index contributed by atoms with van der Waals surface area (Å²) in [7, 11) is 3.62. The topological polar surface area (TPSA) is 114 Å². The van der Waals surface area contributed by atoms with Crippen LogP contribution in [-0.4, -0.2) is 52.0 Å². The number of benzene rings is 1. The number of hydrogen-bond donors (Lipinski definition) is 4. The van der Waals surface area contributed by atoms with Crippen LogP contribution >= 0.6 is 0 Å². The van der Waals surface area contributed by atoms with Crippen molar-refractivity contribution in [2.45, 2.75) is 26.3 Å². The van der Waals surface area contributed by atoms with Gasteiger partial charge in [0.25, 0.3) is 0 Å². The molecule has 8 nitrogen and oxygen atoms in total. The van der Waals surface area contributed by atoms with Gasteiger partial charge in [-0.25, -0.2) is 5.84 Å². The molecule has 0 amide bonds. The molecule has 0 spiro atoms. The summed E-state index contributed by atoms with van der Waals surface area (Å²) in [5.74, 6) is 5.94. The van der Waals surface area contributed by atoms with Crippen molar-refractivity contribution in [1.29, 1.82) is 5.41 Å². The summed E-state index contributed by atoms with van der Waals surface area (Å²) in [5.41, 5.74) is 2.95. The van der Waals surface area contributed by atoms with Gasteiger partial charge in [0.15, 0.2) is 0 Å². The van der Waals surface area contributed by atoms with E-state index in [4.69, 9.17) is 11.3 Å². The first-order chi connectivity index (χ1) is 11.7. The fraction of sp³-hybridized carbons (Fsp3) is 0.353. The number of nitrogens with one attached hydrogen (secondary N) is 3. The van der Waals surface area contributed by atoms with Crippen molar-refractivity contribution >= 4 is 28.8 Å². The molecule has 134 valence electrons. The third-order valence-corrected chi connectivity index (χ3v) is 4.55. The predicted molar refractivity (Wildman–Crippen MR) is 100.0 cm³/mol. The Balaban J connectivity index is 0.000000185. The zero-order valence-electron chi connectivity index (χ0n) is 15.2. The van der Waals surface area contributed by atoms with Gasteiger partial charge in [-0.1, -0.05) is 0 Å². The molecule has 1 aromatic carbocycles. The molecule has 25 heavy (non-hydrogen) atoms. The lowest BCUT2D eigenvalue weighted by Crippen LogP contribution is -2.61. The Morgan fingerprint density at radius 2 is 2.08 bits per heavy atom. The Bertz CT molecular complexity index is 821. The maximum absolute atomic E-state index is 10.9. The van der Waals surface area contributed by atoms with Crippen LogP contribution in [0.1, 0.15) is 20.8 Å². The molecule has 3 rings (SSSR count). The molecule has 0 bridgehead atoms. The van der Waals surface area contributed by atoms with Crippen LogP contribution in [0.15, 0.2) is 35.7 Å². The number of allylic oxidation sites excluding steroid dienone is 1. The number of carbonyl (C=O) groups is 1. The average molecular weight is 343 g/mol. The quantitative estimate of drug-likeness (QED) is 0.489. The van der Waals surface area contributed by atoms with E-state index in [9.17, 15) is 4.79 Å². The average Bonchev–Trinajstić information content (AvgIpc) is 3.07. The third kappa shape index (κ3) is 3.34. The highest BCUT2D eigenvalue weighted by molar-refractivity contribution is 5.88. The molecule has 0 saturated carbocycles. The van der Waals surface area contributed by atoms with Crippen LogP contribution in [0.4, 0.5) is 5.69 Å². The number of anilines is 1. The van der Waals surface area contributed by atoms with Crippen molar-refractivity contribution in [3.63, 3.8) is 0 Å². The van der Waals surface area contributed by atoms with E-state index < -0.39 is 5.54 Å². The molecule has 2 aromatic rings. The van der Waals surface area contributed by atoms with Crippen LogP contribution in [0.25, 0.3) is 10.9 Å². The lowest BCUT2D eigenvalue weighted by molar-refractivity contribution is -0.106. The fourth-order valence-electron chi connectivity index (χ4n) is 2.67. The molecular formula is C17H25N7O. The summed E-state index contributed by atoms with van der Waals surface area (Å²) < 4.78 is 0. The van der Waals surface area contributed by atoms with Crippen molar-refractivity contribution in [2.24, 2.45) is 5.84 Å². The van der Waals surface area contributed by atoms with E-state index in [0.717, 1.165) is 28.6 Å². The number of carbonyl (C=O) groups excluding carboxylic acids is 1. The smallest absolute Gasteiger partial charge is 0.213 e. The van der Waals surface area contributed by atoms with Crippen LogP contribution in [-0.2, 0) is 4.79 Å². The number of H-pyrrole nitrogens is 1. The standard InChI is InChI=1S/C9H16N4O.C8H9N3/c1-6-7(5-14)9(2,3)13(11)8(10)12(6)4;1-9-7-2-3-8-6(4-7)5-10-11-8/h5,10H,11H2,1-4H3;2-5,9H,1H3,(H,10,11). The van der Waals surface area contributed by atoms with Crippen molar-refractivity contribution in [3.05, 3.63) is 35.7 Å². The minimum Gasteiger partial charge on any atom is -0.388 e. The molecule has 8 heteroatoms. The second kappa shape index (κ2) is 6.94. The number of nitrogens with two attached hydrogens (primary N) is 1. The van der Waals surface area contributed by atoms with Crippen LogP contribution < -0.4 is 11.2 Å². The number of rotatable bonds is 2. The molecule has 0 radical (unpaired) electrons. The number of hydrazine groups is 1. The van der Waals surface area contributed by atoms with Crippen molar-refractivity contribution in [1.82, 2.24) is 20.1 Å². The van der Waals surface area contributed by atoms with Gasteiger partial charge in [0.05, 0.1) is 17.3 Å². The first-order valence-electron chi connectivity index (χ1n) is 7.88. The van der Waals surface area contributed by atoms with E-state index >= 15 is 0 Å². The molecule has 1 aliphatic rings. The van der Waals surface area contributed by atoms with Gasteiger partial charge in [0, 0.05) is 36.4 Å². The maximum atomic E-state index is 10.9. The minimum absolute atomic E-state index is 0.193. The second-order valence-electron chi connectivity index (χ2n) is 6.35. The molecule has 0 atom stereocenters. The molecule has 0 fully saturated rings. The number of aromatic amines is 1. The Hall–Kier alpha value is -2.87. The highest BCUT2D eigenvalue weighted by atomic mass is 16.1. The highest BCUT2D eigenvalue weighted by Crippen LogP contribution is 2.29. The molecule has 0 unspecified atom stereocenters. The van der Waals surface area contributed by atoms with Gasteiger partial charge in [-0.15, -0.1) is 0 Å². The van der Waals surface area contributed by atoms with Gasteiger partial charge < -0.3 is 10.2 Å². The van der Waals surface area contributed by atoms with Crippen LogP contribution in [0.5, 0.6) is 0 Å². The summed E-state index contributed by atoms with van der Waals surface area (Å²) in [6.45, 7) is 5.45. The molecular weight excluding hydrogens is 318 g/mol. The maximum Gasteiger partial charge on any atom is 0.213 e. The Morgan fingerprint density at radius 1 is 1.40 bits per heavy atom. The van der Waals surface area contributed by atoms with Gasteiger partial charge in [-0.05, 0) is 39.0 Å². The highest BCUT2D eigenvalue weighted by Gasteiger charge is 2.38. The van der Waals surface area contributed by atoms with Crippen molar-refractivity contribution in [2.75, 3.05) is 19.4 Å². The molecule has 0 saturated heterocycles. The first-order valence-corrected chi connectivity index (χ1v) is 7.88. The molecule has 1 aromatic heterocycles. The van der Waals surface area contributed by atoms with E-state index in [0.29, 0.717) is 5.57 Å². The van der Waals surface area contributed by atoms with Crippen LogP contribution in [0.3, 0.4) is 0 Å². The van der Waals surface area contributed by atoms with Gasteiger partial charge in [0.1, 0.15) is 6.29 Å². The summed E-state index contributed by atoms with van der Waals surface area (Å²) >= 11 is 0. The fourth-order valence-corrected chi connectivity index (χ4v) is 2.67. The number of hydrogen-bond acceptors (Lipinski definition) is 5. The summed E-state index contributed by atoms with van der Waals surface area (Å²) in [4.78, 5) is 12.5. The molecule has 1 aliphatic heterocycles. The van der Waals surface area contributed by atoms with Gasteiger partial charge in [0.2, 0.25) is 5.96 Å². The largest absolute Gasteiger partial charge is 0.388 e. The Labute approximate surface area is 147 Å². The van der Waals surface area contributed by atoms with Crippen molar-refractivity contribution < 1.29 is 4.79 Å². The van der Waals surface area contributed by atoms with E-state index in [1.165, 1.54) is 5.01 Å². The van der Waals surface area contributed by atoms with E-state index in [1.807, 2.05) is 46.1 Å². The number of nitrogens with zero attached hydrogens (tertiary/aromatic N) is 3. The van der Waals surface area contributed by atoms with E-state index in [2.05, 4.69) is 21.6 Å². The number of aromatic nitrogens is 2. The van der Waals surface area contributed by atoms with E-state index in [1.54, 1.807) is 11.9 Å². The summed E-state index contributed by atoms with van der Waals surface area (Å²) in [5, 5.41) is 20.0. The summed E-state index contributed by atoms with van der Waals surface area (Å²) in [6.07, 6.45) is 2.62. The van der Waals surface area contributed by atoms with Gasteiger partial charge in [-0.2, -0.15) is 5.10 Å². The second-order valence-corrected chi connectivity index (χ2v) is 6.35. The molecule has 5 N–H and O–H groups in total. The van der Waals surface area contributed by atoms with Crippen LogP contribution in [0.2, 0.25) is 0 Å². The third-order valence-electron chi connectivity index (χ3n) is 4.55. The normalized spacial score (nSPS) is 16.6. The van der Waals surface area contributed by atoms with E-state index in [-0.39, 0.29) is 5.96 Å². The zero-order valence-corrected chi connectivity index (χ0v) is 15.2.